The minimum Gasteiger partial charge on any atom is -0.369 e. The fraction of sp³-hybridized carbons (Fsp3) is 1.00. The van der Waals surface area contributed by atoms with E-state index in [0.717, 1.165) is 0 Å². The fourth-order valence-electron chi connectivity index (χ4n) is 4.42. The van der Waals surface area contributed by atoms with Crippen molar-refractivity contribution in [3.8, 4) is 0 Å². The molecule has 0 saturated heterocycles. The molecule has 0 rings (SSSR count). The predicted octanol–water partition coefficient (Wildman–Crippen LogP) is 8.84. The summed E-state index contributed by atoms with van der Waals surface area (Å²) in [6.45, 7) is 14.0. The van der Waals surface area contributed by atoms with Crippen molar-refractivity contribution >= 4 is 0 Å². The van der Waals surface area contributed by atoms with Gasteiger partial charge in [-0.2, -0.15) is 0 Å². The van der Waals surface area contributed by atoms with Gasteiger partial charge in [0.1, 0.15) is 0 Å². The molecule has 0 N–H and O–H groups in total. The lowest BCUT2D eigenvalue weighted by molar-refractivity contribution is -0.181. The zero-order valence-corrected chi connectivity index (χ0v) is 18.7. The van der Waals surface area contributed by atoms with Crippen molar-refractivity contribution < 1.29 is 4.74 Å². The van der Waals surface area contributed by atoms with Gasteiger partial charge in [-0.05, 0) is 38.5 Å². The summed E-state index contributed by atoms with van der Waals surface area (Å²) in [5, 5.41) is 0. The van der Waals surface area contributed by atoms with Gasteiger partial charge in [-0.1, -0.05) is 106 Å². The van der Waals surface area contributed by atoms with Gasteiger partial charge in [-0.15, -0.1) is 0 Å². The van der Waals surface area contributed by atoms with Crippen LogP contribution in [-0.4, -0.2) is 11.2 Å². The average molecular weight is 355 g/mol. The first-order valence-electron chi connectivity index (χ1n) is 11.8. The fourth-order valence-corrected chi connectivity index (χ4v) is 4.42. The van der Waals surface area contributed by atoms with Gasteiger partial charge in [-0.25, -0.2) is 0 Å². The highest BCUT2D eigenvalue weighted by Gasteiger charge is 2.39. The highest BCUT2D eigenvalue weighted by Crippen LogP contribution is 2.41. The Balaban J connectivity index is 5.52. The Hall–Kier alpha value is -0.0400. The molecule has 0 fully saturated rings. The molecule has 0 atom stereocenters. The number of unbranched alkanes of at least 4 members (excludes halogenated alkanes) is 4. The quantitative estimate of drug-likeness (QED) is 0.239. The maximum Gasteiger partial charge on any atom is 0.0690 e. The third-order valence-electron chi connectivity index (χ3n) is 5.79. The van der Waals surface area contributed by atoms with E-state index in [1.54, 1.807) is 0 Å². The number of hydrogen-bond donors (Lipinski definition) is 0. The van der Waals surface area contributed by atoms with Crippen LogP contribution in [0.15, 0.2) is 0 Å². The maximum absolute atomic E-state index is 7.32. The number of hydrogen-bond acceptors (Lipinski definition) is 1. The smallest absolute Gasteiger partial charge is 0.0690 e. The Morgan fingerprint density at radius 1 is 0.400 bits per heavy atom. The van der Waals surface area contributed by atoms with Gasteiger partial charge in [0.05, 0.1) is 11.2 Å². The molecule has 0 aromatic rings. The molecule has 0 bridgehead atoms. The molecule has 0 aromatic heterocycles. The van der Waals surface area contributed by atoms with E-state index in [2.05, 4.69) is 41.5 Å². The van der Waals surface area contributed by atoms with Crippen LogP contribution in [0.25, 0.3) is 0 Å². The highest BCUT2D eigenvalue weighted by atomic mass is 16.5. The summed E-state index contributed by atoms with van der Waals surface area (Å²) in [4.78, 5) is 0. The third kappa shape index (κ3) is 10.0. The summed E-state index contributed by atoms with van der Waals surface area (Å²) >= 11 is 0. The van der Waals surface area contributed by atoms with Gasteiger partial charge in [0.2, 0.25) is 0 Å². The van der Waals surface area contributed by atoms with E-state index < -0.39 is 0 Å². The van der Waals surface area contributed by atoms with Crippen LogP contribution in [0, 0.1) is 0 Å². The minimum absolute atomic E-state index is 0.136. The monoisotopic (exact) mass is 354 g/mol. The van der Waals surface area contributed by atoms with Crippen LogP contribution in [0.1, 0.15) is 144 Å². The Morgan fingerprint density at radius 2 is 0.680 bits per heavy atom. The molecule has 0 aliphatic rings. The molecule has 0 heterocycles. The van der Waals surface area contributed by atoms with Crippen LogP contribution < -0.4 is 0 Å². The molecule has 152 valence electrons. The first-order valence-corrected chi connectivity index (χ1v) is 11.8. The Labute approximate surface area is 160 Å². The third-order valence-corrected chi connectivity index (χ3v) is 5.79. The molecule has 1 nitrogen and oxygen atoms in total. The lowest BCUT2D eigenvalue weighted by atomic mass is 9.81. The molecule has 25 heavy (non-hydrogen) atoms. The number of rotatable bonds is 18. The highest BCUT2D eigenvalue weighted by molar-refractivity contribution is 4.89. The summed E-state index contributed by atoms with van der Waals surface area (Å²) in [6, 6.07) is 0. The second-order valence-electron chi connectivity index (χ2n) is 8.38. The van der Waals surface area contributed by atoms with Crippen molar-refractivity contribution in [2.75, 3.05) is 0 Å². The zero-order valence-electron chi connectivity index (χ0n) is 18.7. The van der Waals surface area contributed by atoms with E-state index >= 15 is 0 Å². The Kier molecular flexibility index (Phi) is 15.0. The first kappa shape index (κ1) is 25.0. The lowest BCUT2D eigenvalue weighted by Gasteiger charge is -2.45. The van der Waals surface area contributed by atoms with E-state index in [-0.39, 0.29) is 11.2 Å². The van der Waals surface area contributed by atoms with Crippen molar-refractivity contribution in [2.24, 2.45) is 0 Å². The molecule has 0 spiro atoms. The van der Waals surface area contributed by atoms with Crippen molar-refractivity contribution in [3.05, 3.63) is 0 Å². The summed E-state index contributed by atoms with van der Waals surface area (Å²) in [5.41, 5.74) is 0.273. The average Bonchev–Trinajstić information content (AvgIpc) is 2.61. The molecule has 0 aliphatic carbocycles. The molecule has 0 aromatic carbocycles. The molecule has 0 amide bonds. The Morgan fingerprint density at radius 3 is 0.880 bits per heavy atom. The largest absolute Gasteiger partial charge is 0.369 e. The molecule has 1 heteroatoms. The van der Waals surface area contributed by atoms with Crippen molar-refractivity contribution in [2.45, 2.75) is 155 Å². The van der Waals surface area contributed by atoms with E-state index in [9.17, 15) is 0 Å². The van der Waals surface area contributed by atoms with Gasteiger partial charge in [0.15, 0.2) is 0 Å². The van der Waals surface area contributed by atoms with Gasteiger partial charge < -0.3 is 4.74 Å². The van der Waals surface area contributed by atoms with E-state index in [1.165, 1.54) is 103 Å². The maximum atomic E-state index is 7.32. The van der Waals surface area contributed by atoms with E-state index in [0.29, 0.717) is 0 Å². The first-order chi connectivity index (χ1) is 12.1. The number of ether oxygens (including phenoxy) is 1. The second-order valence-corrected chi connectivity index (χ2v) is 8.38. The molecule has 0 saturated carbocycles. The van der Waals surface area contributed by atoms with Crippen molar-refractivity contribution in [3.63, 3.8) is 0 Å². The van der Waals surface area contributed by atoms with Crippen molar-refractivity contribution in [1.29, 1.82) is 0 Å². The topological polar surface area (TPSA) is 9.23 Å². The van der Waals surface area contributed by atoms with Gasteiger partial charge in [-0.3, -0.25) is 0 Å². The van der Waals surface area contributed by atoms with Gasteiger partial charge >= 0.3 is 0 Å². The Bertz CT molecular complexity index is 240. The van der Waals surface area contributed by atoms with Crippen LogP contribution in [-0.2, 0) is 4.74 Å². The predicted molar refractivity (Wildman–Crippen MR) is 114 cm³/mol. The van der Waals surface area contributed by atoms with Crippen LogP contribution in [0.5, 0.6) is 0 Å². The standard InChI is InChI=1S/C24H50O/c1-7-13-19-23(17-11-5,20-14-8-2)25-24(18-12-6,21-15-9-3)22-16-10-4/h7-22H2,1-6H3. The van der Waals surface area contributed by atoms with Crippen molar-refractivity contribution in [1.82, 2.24) is 0 Å². The molecule has 0 radical (unpaired) electrons. The summed E-state index contributed by atoms with van der Waals surface area (Å²) in [5.74, 6) is 0. The summed E-state index contributed by atoms with van der Waals surface area (Å²) < 4.78 is 7.32. The lowest BCUT2D eigenvalue weighted by Crippen LogP contribution is -2.45. The summed E-state index contributed by atoms with van der Waals surface area (Å²) in [7, 11) is 0. The van der Waals surface area contributed by atoms with Crippen LogP contribution in [0.3, 0.4) is 0 Å². The van der Waals surface area contributed by atoms with Crippen LogP contribution >= 0.6 is 0 Å². The molecular weight excluding hydrogens is 304 g/mol. The van der Waals surface area contributed by atoms with Gasteiger partial charge in [0, 0.05) is 0 Å². The molecule has 0 aliphatic heterocycles. The summed E-state index contributed by atoms with van der Waals surface area (Å²) in [6.07, 6.45) is 20.4. The van der Waals surface area contributed by atoms with Crippen LogP contribution in [0.4, 0.5) is 0 Å². The molecular formula is C24H50O. The SMILES string of the molecule is CCCCC(CCC)(CCCC)OC(CCC)(CCCC)CCCC. The minimum atomic E-state index is 0.136. The van der Waals surface area contributed by atoms with E-state index in [1.807, 2.05) is 0 Å². The normalized spacial score (nSPS) is 12.7. The van der Waals surface area contributed by atoms with Crippen LogP contribution in [0.2, 0.25) is 0 Å². The molecule has 0 unspecified atom stereocenters. The zero-order chi connectivity index (χ0) is 19.0. The van der Waals surface area contributed by atoms with Gasteiger partial charge in [0.25, 0.3) is 0 Å². The van der Waals surface area contributed by atoms with E-state index in [4.69, 9.17) is 4.74 Å². The second kappa shape index (κ2) is 15.1.